The first-order valence-corrected chi connectivity index (χ1v) is 12.6. The maximum Gasteiger partial charge on any atom is 0.383 e. The summed E-state index contributed by atoms with van der Waals surface area (Å²) in [6.45, 7) is 12.7. The van der Waals surface area contributed by atoms with E-state index in [2.05, 4.69) is 42.0 Å². The number of nitriles is 2. The molecule has 4 rings (SSSR count). The first-order valence-electron chi connectivity index (χ1n) is 12.6. The highest BCUT2D eigenvalue weighted by Crippen LogP contribution is 2.49. The number of primary amides is 1. The normalized spacial score (nSPS) is 21.6. The second-order valence-corrected chi connectivity index (χ2v) is 12.3. The number of nitrogens with one attached hydrogen (secondary N) is 1. The number of quaternary nitrogens is 1. The Labute approximate surface area is 213 Å². The van der Waals surface area contributed by atoms with Crippen LogP contribution in [0.4, 0.5) is 5.69 Å². The Morgan fingerprint density at radius 3 is 2.36 bits per heavy atom. The fourth-order valence-corrected chi connectivity index (χ4v) is 5.98. The zero-order chi connectivity index (χ0) is 26.4. The van der Waals surface area contributed by atoms with Crippen molar-refractivity contribution in [3.63, 3.8) is 0 Å². The lowest BCUT2D eigenvalue weighted by Crippen LogP contribution is -2.82. The quantitative estimate of drug-likeness (QED) is 0.587. The van der Waals surface area contributed by atoms with Gasteiger partial charge < -0.3 is 9.72 Å². The van der Waals surface area contributed by atoms with E-state index in [9.17, 15) is 10.1 Å². The highest BCUT2D eigenvalue weighted by molar-refractivity contribution is 5.85. The number of aromatic amines is 1. The number of hydrogen-bond donors (Lipinski definition) is 2. The van der Waals surface area contributed by atoms with Gasteiger partial charge in [-0.2, -0.15) is 10.5 Å². The number of aromatic nitrogens is 2. The zero-order valence-electron chi connectivity index (χ0n) is 22.2. The zero-order valence-corrected chi connectivity index (χ0v) is 22.2. The number of ether oxygens (including phenoxy) is 1. The first-order chi connectivity index (χ1) is 16.8. The molecule has 36 heavy (non-hydrogen) atoms. The average molecular weight is 487 g/mol. The van der Waals surface area contributed by atoms with Gasteiger partial charge in [-0.05, 0) is 82.4 Å². The SMILES string of the molecule is CC1(C)CC=C(c2cc(C3(C#N)CC(C)(C)OC(C)(C)C3)ccc2[NH2+]C(=O)c2ncc(C#N)[nH]2)CC1. The molecule has 2 aliphatic rings. The van der Waals surface area contributed by atoms with E-state index in [1.807, 2.05) is 45.9 Å². The molecule has 1 fully saturated rings. The molecule has 1 aromatic heterocycles. The Balaban J connectivity index is 1.78. The number of nitrogens with two attached hydrogens (primary N) is 1. The molecule has 188 valence electrons. The van der Waals surface area contributed by atoms with Gasteiger partial charge in [0.1, 0.15) is 17.5 Å². The van der Waals surface area contributed by atoms with E-state index in [1.54, 1.807) is 5.32 Å². The predicted octanol–water partition coefficient (Wildman–Crippen LogP) is 5.04. The predicted molar refractivity (Wildman–Crippen MR) is 137 cm³/mol. The second kappa shape index (κ2) is 9.00. The van der Waals surface area contributed by atoms with Crippen LogP contribution in [0.15, 0.2) is 30.5 Å². The number of nitrogens with zero attached hydrogens (tertiary/aromatic N) is 3. The number of hydrogen-bond acceptors (Lipinski definition) is 5. The molecule has 1 aromatic carbocycles. The van der Waals surface area contributed by atoms with Crippen LogP contribution in [-0.2, 0) is 10.2 Å². The van der Waals surface area contributed by atoms with Gasteiger partial charge in [-0.15, -0.1) is 0 Å². The third-order valence-electron chi connectivity index (χ3n) is 7.36. The van der Waals surface area contributed by atoms with Gasteiger partial charge in [0.2, 0.25) is 5.82 Å². The summed E-state index contributed by atoms with van der Waals surface area (Å²) in [7, 11) is 0. The van der Waals surface area contributed by atoms with Crippen LogP contribution in [0, 0.1) is 28.1 Å². The van der Waals surface area contributed by atoms with Crippen molar-refractivity contribution < 1.29 is 14.8 Å². The molecular formula is C29H36N5O2+. The van der Waals surface area contributed by atoms with E-state index in [0.29, 0.717) is 12.8 Å². The maximum atomic E-state index is 13.0. The molecule has 0 unspecified atom stereocenters. The van der Waals surface area contributed by atoms with E-state index in [-0.39, 0.29) is 22.8 Å². The summed E-state index contributed by atoms with van der Waals surface area (Å²) in [5.41, 5.74) is 2.86. The van der Waals surface area contributed by atoms with Crippen molar-refractivity contribution in [1.82, 2.24) is 9.97 Å². The molecule has 0 saturated carbocycles. The van der Waals surface area contributed by atoms with Crippen LogP contribution < -0.4 is 5.32 Å². The lowest BCUT2D eigenvalue weighted by Gasteiger charge is -2.49. The number of H-pyrrole nitrogens is 1. The van der Waals surface area contributed by atoms with Crippen molar-refractivity contribution in [2.24, 2.45) is 5.41 Å². The third kappa shape index (κ3) is 5.28. The van der Waals surface area contributed by atoms with E-state index in [4.69, 9.17) is 10.00 Å². The molecule has 7 nitrogen and oxygen atoms in total. The Kier molecular flexibility index (Phi) is 6.45. The Bertz CT molecular complexity index is 1280. The molecule has 2 heterocycles. The van der Waals surface area contributed by atoms with Crippen LogP contribution in [0.2, 0.25) is 0 Å². The number of benzene rings is 1. The van der Waals surface area contributed by atoms with E-state index in [0.717, 1.165) is 36.1 Å². The Hall–Kier alpha value is -3.26. The molecule has 0 radical (unpaired) electrons. The van der Waals surface area contributed by atoms with Gasteiger partial charge in [0, 0.05) is 11.6 Å². The number of carbonyl (C=O) groups is 1. The minimum Gasteiger partial charge on any atom is -0.370 e. The molecule has 0 bridgehead atoms. The largest absolute Gasteiger partial charge is 0.383 e. The highest BCUT2D eigenvalue weighted by Gasteiger charge is 2.50. The highest BCUT2D eigenvalue weighted by atomic mass is 16.5. The number of rotatable bonds is 4. The molecular weight excluding hydrogens is 450 g/mol. The Morgan fingerprint density at radius 2 is 1.81 bits per heavy atom. The van der Waals surface area contributed by atoms with Crippen LogP contribution >= 0.6 is 0 Å². The van der Waals surface area contributed by atoms with Crippen LogP contribution in [0.3, 0.4) is 0 Å². The van der Waals surface area contributed by atoms with Crippen LogP contribution in [0.1, 0.15) is 101 Å². The van der Waals surface area contributed by atoms with Gasteiger partial charge in [-0.1, -0.05) is 26.0 Å². The lowest BCUT2D eigenvalue weighted by atomic mass is 9.65. The monoisotopic (exact) mass is 486 g/mol. The van der Waals surface area contributed by atoms with Gasteiger partial charge in [-0.25, -0.2) is 15.1 Å². The summed E-state index contributed by atoms with van der Waals surface area (Å²) in [6, 6.07) is 10.7. The Morgan fingerprint density at radius 1 is 1.11 bits per heavy atom. The van der Waals surface area contributed by atoms with Crippen molar-refractivity contribution in [3.8, 4) is 12.1 Å². The van der Waals surface area contributed by atoms with Crippen molar-refractivity contribution in [2.75, 3.05) is 0 Å². The standard InChI is InChI=1S/C29H35N5O2/c1-26(2)11-9-19(10-12-26)22-13-20(29(18-31)16-27(3,4)36-28(5,6)17-29)7-8-23(22)34-25(35)24-32-15-21(14-30)33-24/h7-9,13,15H,10-12,16-17H2,1-6H3,(H,32,33)(H,34,35)/p+1. The number of imidazole rings is 1. The molecule has 0 atom stereocenters. The van der Waals surface area contributed by atoms with Gasteiger partial charge in [0.05, 0.1) is 28.9 Å². The summed E-state index contributed by atoms with van der Waals surface area (Å²) < 4.78 is 6.30. The van der Waals surface area contributed by atoms with Crippen LogP contribution in [0.5, 0.6) is 0 Å². The summed E-state index contributed by atoms with van der Waals surface area (Å²) in [5, 5.41) is 21.1. The lowest BCUT2D eigenvalue weighted by molar-refractivity contribution is -0.464. The summed E-state index contributed by atoms with van der Waals surface area (Å²) in [5.74, 6) is -0.146. The molecule has 1 aliphatic heterocycles. The molecule has 3 N–H and O–H groups in total. The van der Waals surface area contributed by atoms with Crippen LogP contribution in [0.25, 0.3) is 5.57 Å². The molecule has 1 saturated heterocycles. The summed E-state index contributed by atoms with van der Waals surface area (Å²) >= 11 is 0. The fourth-order valence-electron chi connectivity index (χ4n) is 5.98. The average Bonchev–Trinajstić information content (AvgIpc) is 3.27. The minimum absolute atomic E-state index is 0.141. The molecule has 2 aromatic rings. The minimum atomic E-state index is -0.695. The van der Waals surface area contributed by atoms with Crippen molar-refractivity contribution >= 4 is 17.2 Å². The van der Waals surface area contributed by atoms with Gasteiger partial charge in [0.25, 0.3) is 0 Å². The van der Waals surface area contributed by atoms with Gasteiger partial charge in [-0.3, -0.25) is 0 Å². The smallest absolute Gasteiger partial charge is 0.370 e. The second-order valence-electron chi connectivity index (χ2n) is 12.3. The van der Waals surface area contributed by atoms with Gasteiger partial charge in [0.15, 0.2) is 0 Å². The first kappa shape index (κ1) is 25.8. The fraction of sp³-hybridized carbons (Fsp3) is 0.517. The van der Waals surface area contributed by atoms with Crippen LogP contribution in [-0.4, -0.2) is 27.1 Å². The molecule has 0 spiro atoms. The molecule has 7 heteroatoms. The van der Waals surface area contributed by atoms with E-state index >= 15 is 0 Å². The van der Waals surface area contributed by atoms with Crippen molar-refractivity contribution in [3.05, 3.63) is 53.1 Å². The van der Waals surface area contributed by atoms with E-state index < -0.39 is 16.6 Å². The van der Waals surface area contributed by atoms with Crippen molar-refractivity contribution in [1.29, 1.82) is 10.5 Å². The van der Waals surface area contributed by atoms with Crippen molar-refractivity contribution in [2.45, 2.75) is 90.3 Å². The molecule has 1 amide bonds. The van der Waals surface area contributed by atoms with Gasteiger partial charge >= 0.3 is 5.91 Å². The summed E-state index contributed by atoms with van der Waals surface area (Å²) in [6.07, 6.45) is 7.75. The molecule has 1 aliphatic carbocycles. The number of amides is 1. The third-order valence-corrected chi connectivity index (χ3v) is 7.36. The summed E-state index contributed by atoms with van der Waals surface area (Å²) in [4.78, 5) is 19.8. The number of allylic oxidation sites excluding steroid dienone is 2. The number of carbonyl (C=O) groups excluding carboxylic acids is 1. The van der Waals surface area contributed by atoms with E-state index in [1.165, 1.54) is 11.8 Å². The maximum absolute atomic E-state index is 13.0. The topological polar surface area (TPSA) is 119 Å².